The van der Waals surface area contributed by atoms with E-state index in [1.54, 1.807) is 0 Å². The molecule has 4 aliphatic rings. The maximum atomic E-state index is 7.17. The zero-order chi connectivity index (χ0) is 40.2. The molecule has 8 heteroatoms. The third-order valence-corrected chi connectivity index (χ3v) is 15.9. The third-order valence-electron chi connectivity index (χ3n) is 13.5. The van der Waals surface area contributed by atoms with Crippen LogP contribution in [0.1, 0.15) is 0 Å². The second kappa shape index (κ2) is 12.3. The van der Waals surface area contributed by atoms with Gasteiger partial charge in [-0.05, 0) is 99.2 Å². The van der Waals surface area contributed by atoms with Gasteiger partial charge in [0.2, 0.25) is 0 Å². The van der Waals surface area contributed by atoms with E-state index in [0.717, 1.165) is 56.0 Å². The number of fused-ring (bicyclic) bond motifs is 16. The largest absolute Gasteiger partial charge is 0.468 e. The number of rotatable bonds is 2. The summed E-state index contributed by atoms with van der Waals surface area (Å²) >= 11 is 3.83. The van der Waals surface area contributed by atoms with Crippen LogP contribution in [-0.2, 0) is 0 Å². The first kappa shape index (κ1) is 33.7. The van der Waals surface area contributed by atoms with Gasteiger partial charge in [0.25, 0.3) is 13.4 Å². The molecule has 0 atom stereocenters. The highest BCUT2D eigenvalue weighted by molar-refractivity contribution is 8.01. The number of benzene rings is 9. The molecule has 2 aromatic heterocycles. The molecule has 0 spiro atoms. The molecule has 62 heavy (non-hydrogen) atoms. The predicted molar refractivity (Wildman–Crippen MR) is 261 cm³/mol. The summed E-state index contributed by atoms with van der Waals surface area (Å²) in [5, 5.41) is 7.24. The highest BCUT2D eigenvalue weighted by Crippen LogP contribution is 2.50. The molecular formula is C54H30B2N2O2S2. The van der Waals surface area contributed by atoms with E-state index >= 15 is 0 Å². The van der Waals surface area contributed by atoms with Crippen LogP contribution in [0, 0.1) is 0 Å². The average Bonchev–Trinajstić information content (AvgIpc) is 3.90. The summed E-state index contributed by atoms with van der Waals surface area (Å²) in [7, 11) is 0. The zero-order valence-corrected chi connectivity index (χ0v) is 34.6. The van der Waals surface area contributed by atoms with Crippen LogP contribution < -0.4 is 43.0 Å². The fraction of sp³-hybridized carbons (Fsp3) is 0. The highest BCUT2D eigenvalue weighted by Gasteiger charge is 2.49. The summed E-state index contributed by atoms with van der Waals surface area (Å²) in [4.78, 5) is 10.0. The van der Waals surface area contributed by atoms with Crippen molar-refractivity contribution in [3.05, 3.63) is 182 Å². The minimum atomic E-state index is -0.129. The minimum Gasteiger partial charge on any atom is -0.468 e. The maximum absolute atomic E-state index is 7.17. The molecule has 6 heterocycles. The standard InChI is InChI=1S/C54H30B2N2O2S2/c1-3-17-33(18-4-1)57-41-27-31-15-7-9-21-35(31)51-47(41)55(53-49(57)37-23-11-13-25-43(37)59-53)39-29-40-46(30-45(39)61-51)62-52-36-22-10-8-16-32(36)28-42-48(52)56(40)54-50(38-24-12-14-26-44(38)60-54)58(42)34-19-5-2-6-20-34/h1-30H. The molecule has 0 aliphatic carbocycles. The van der Waals surface area contributed by atoms with Crippen molar-refractivity contribution in [1.82, 2.24) is 0 Å². The van der Waals surface area contributed by atoms with Gasteiger partial charge in [0.05, 0.1) is 22.7 Å². The Balaban J connectivity index is 1.05. The summed E-state index contributed by atoms with van der Waals surface area (Å²) in [5.74, 6) is 0. The summed E-state index contributed by atoms with van der Waals surface area (Å²) in [6.07, 6.45) is 0. The topological polar surface area (TPSA) is 32.8 Å². The van der Waals surface area contributed by atoms with Crippen LogP contribution in [-0.4, -0.2) is 13.4 Å². The minimum absolute atomic E-state index is 0.129. The lowest BCUT2D eigenvalue weighted by atomic mass is 9.33. The van der Waals surface area contributed by atoms with E-state index in [0.29, 0.717) is 0 Å². The maximum Gasteiger partial charge on any atom is 0.295 e. The van der Waals surface area contributed by atoms with Crippen molar-refractivity contribution in [3.8, 4) is 0 Å². The molecule has 0 bridgehead atoms. The smallest absolute Gasteiger partial charge is 0.295 e. The van der Waals surface area contributed by atoms with Gasteiger partial charge >= 0.3 is 0 Å². The van der Waals surface area contributed by atoms with E-state index in [9.17, 15) is 0 Å². The quantitative estimate of drug-likeness (QED) is 0.162. The van der Waals surface area contributed by atoms with Crippen LogP contribution >= 0.6 is 23.5 Å². The normalized spacial score (nSPS) is 14.2. The lowest BCUT2D eigenvalue weighted by Crippen LogP contribution is -2.63. The second-order valence-corrected chi connectivity index (χ2v) is 18.8. The molecule has 4 nitrogen and oxygen atoms in total. The number of nitrogens with zero attached hydrogens (tertiary/aromatic N) is 2. The van der Waals surface area contributed by atoms with Crippen molar-refractivity contribution in [2.24, 2.45) is 0 Å². The van der Waals surface area contributed by atoms with Crippen LogP contribution in [0.5, 0.6) is 0 Å². The first-order valence-electron chi connectivity index (χ1n) is 21.1. The fourth-order valence-corrected chi connectivity index (χ4v) is 13.7. The lowest BCUT2D eigenvalue weighted by molar-refractivity contribution is 0.651. The highest BCUT2D eigenvalue weighted by atomic mass is 32.2. The Bertz CT molecular complexity index is 3510. The van der Waals surface area contributed by atoms with Gasteiger partial charge in [-0.2, -0.15) is 0 Å². The van der Waals surface area contributed by atoms with E-state index in [1.165, 1.54) is 74.4 Å². The molecule has 0 N–H and O–H groups in total. The van der Waals surface area contributed by atoms with Gasteiger partial charge < -0.3 is 18.6 Å². The van der Waals surface area contributed by atoms with Crippen LogP contribution in [0.25, 0.3) is 43.5 Å². The molecule has 0 saturated heterocycles. The predicted octanol–water partition coefficient (Wildman–Crippen LogP) is 11.0. The fourth-order valence-electron chi connectivity index (χ4n) is 11.0. The zero-order valence-electron chi connectivity index (χ0n) is 33.0. The van der Waals surface area contributed by atoms with E-state index in [-0.39, 0.29) is 13.4 Å². The number of furan rings is 2. The SMILES string of the molecule is c1ccc(N2c3cc4ccccc4c4c3B(c3cc5c(cc3S4)Sc3c4c(cc6ccccc36)N(c3ccccc3)c3c(oc6ccccc36)B54)c3oc4ccccc4c32)cc1. The third kappa shape index (κ3) is 4.38. The molecule has 15 rings (SSSR count). The van der Waals surface area contributed by atoms with Crippen molar-refractivity contribution in [2.45, 2.75) is 19.6 Å². The summed E-state index contributed by atoms with van der Waals surface area (Å²) in [6, 6.07) is 66.3. The first-order valence-corrected chi connectivity index (χ1v) is 22.8. The number of hydrogen-bond donors (Lipinski definition) is 0. The molecule has 0 unspecified atom stereocenters. The summed E-state index contributed by atoms with van der Waals surface area (Å²) in [5.41, 5.74) is 15.8. The van der Waals surface area contributed by atoms with Crippen molar-refractivity contribution in [1.29, 1.82) is 0 Å². The molecule has 0 fully saturated rings. The van der Waals surface area contributed by atoms with Crippen molar-refractivity contribution < 1.29 is 8.83 Å². The molecule has 286 valence electrons. The molecule has 9 aromatic carbocycles. The van der Waals surface area contributed by atoms with Gasteiger partial charge in [-0.25, -0.2) is 0 Å². The lowest BCUT2D eigenvalue weighted by Gasteiger charge is -2.40. The van der Waals surface area contributed by atoms with E-state index in [2.05, 4.69) is 192 Å². The van der Waals surface area contributed by atoms with Crippen LogP contribution in [0.4, 0.5) is 34.1 Å². The van der Waals surface area contributed by atoms with Gasteiger partial charge in [0, 0.05) is 53.1 Å². The van der Waals surface area contributed by atoms with Gasteiger partial charge in [0.15, 0.2) is 0 Å². The van der Waals surface area contributed by atoms with Gasteiger partial charge in [0.1, 0.15) is 11.2 Å². The van der Waals surface area contributed by atoms with Gasteiger partial charge in [-0.15, -0.1) is 0 Å². The number of hydrogen-bond acceptors (Lipinski definition) is 6. The Morgan fingerprint density at radius 3 is 1.26 bits per heavy atom. The van der Waals surface area contributed by atoms with Crippen LogP contribution in [0.2, 0.25) is 0 Å². The Hall–Kier alpha value is -6.99. The Morgan fingerprint density at radius 1 is 0.387 bits per heavy atom. The van der Waals surface area contributed by atoms with Gasteiger partial charge in [-0.3, -0.25) is 0 Å². The number of anilines is 6. The van der Waals surface area contributed by atoms with Crippen molar-refractivity contribution in [2.75, 3.05) is 9.80 Å². The van der Waals surface area contributed by atoms with Crippen molar-refractivity contribution in [3.63, 3.8) is 0 Å². The number of para-hydroxylation sites is 4. The van der Waals surface area contributed by atoms with Gasteiger partial charge in [-0.1, -0.05) is 150 Å². The summed E-state index contributed by atoms with van der Waals surface area (Å²) in [6.45, 7) is -0.258. The molecule has 0 radical (unpaired) electrons. The monoisotopic (exact) mass is 824 g/mol. The molecular weight excluding hydrogens is 794 g/mol. The van der Waals surface area contributed by atoms with E-state index < -0.39 is 0 Å². The second-order valence-electron chi connectivity index (χ2n) is 16.7. The Morgan fingerprint density at radius 2 is 0.790 bits per heavy atom. The molecule has 0 amide bonds. The Kier molecular flexibility index (Phi) is 6.69. The average molecular weight is 825 g/mol. The molecule has 4 aliphatic heterocycles. The van der Waals surface area contributed by atoms with Crippen molar-refractivity contribution >= 4 is 148 Å². The molecule has 11 aromatic rings. The van der Waals surface area contributed by atoms with Crippen LogP contribution in [0.3, 0.4) is 0 Å². The van der Waals surface area contributed by atoms with Crippen LogP contribution in [0.15, 0.2) is 210 Å². The van der Waals surface area contributed by atoms with E-state index in [4.69, 9.17) is 8.83 Å². The summed E-state index contributed by atoms with van der Waals surface area (Å²) < 4.78 is 14.3. The first-order chi connectivity index (χ1) is 30.8. The molecule has 0 saturated carbocycles. The Labute approximate surface area is 365 Å². The van der Waals surface area contributed by atoms with E-state index in [1.807, 2.05) is 23.5 Å².